The van der Waals surface area contributed by atoms with Crippen molar-refractivity contribution in [3.8, 4) is 0 Å². The van der Waals surface area contributed by atoms with Crippen LogP contribution in [0.3, 0.4) is 0 Å². The van der Waals surface area contributed by atoms with Gasteiger partial charge in [-0.25, -0.2) is 4.98 Å². The molecule has 0 amide bonds. The van der Waals surface area contributed by atoms with E-state index in [-0.39, 0.29) is 12.6 Å². The Morgan fingerprint density at radius 2 is 2.06 bits per heavy atom. The van der Waals surface area contributed by atoms with Crippen molar-refractivity contribution in [3.63, 3.8) is 0 Å². The lowest BCUT2D eigenvalue weighted by molar-refractivity contribution is 0.263. The Bertz CT molecular complexity index is 507. The largest absolute Gasteiger partial charge is 0.394 e. The molecule has 1 heterocycles. The van der Waals surface area contributed by atoms with Crippen molar-refractivity contribution in [1.82, 2.24) is 9.55 Å². The molecule has 1 unspecified atom stereocenters. The van der Waals surface area contributed by atoms with Crippen molar-refractivity contribution in [2.45, 2.75) is 25.9 Å². The molecular formula is C14H19N3O. The Balaban J connectivity index is 2.26. The van der Waals surface area contributed by atoms with E-state index in [1.165, 1.54) is 11.1 Å². The van der Waals surface area contributed by atoms with Crippen LogP contribution in [-0.4, -0.2) is 21.3 Å². The summed E-state index contributed by atoms with van der Waals surface area (Å²) in [7, 11) is 0. The summed E-state index contributed by atoms with van der Waals surface area (Å²) in [5, 5.41) is 9.13. The standard InChI is InChI=1S/C14H19N3O/c1-2-11-5-3-4-6-12(11)8-17-10-16-7-14(17)13(15)9-18/h3-7,10,13,18H,2,8-9,15H2,1H3. The van der Waals surface area contributed by atoms with E-state index in [0.717, 1.165) is 18.7 Å². The summed E-state index contributed by atoms with van der Waals surface area (Å²) in [6.07, 6.45) is 4.49. The van der Waals surface area contributed by atoms with Gasteiger partial charge in [-0.3, -0.25) is 0 Å². The van der Waals surface area contributed by atoms with Crippen LogP contribution >= 0.6 is 0 Å². The quantitative estimate of drug-likeness (QED) is 0.838. The molecule has 0 spiro atoms. The molecule has 1 atom stereocenters. The molecule has 0 saturated heterocycles. The van der Waals surface area contributed by atoms with Crippen LogP contribution in [0.5, 0.6) is 0 Å². The molecule has 18 heavy (non-hydrogen) atoms. The predicted octanol–water partition coefficient (Wildman–Crippen LogP) is 1.49. The number of nitrogens with zero attached hydrogens (tertiary/aromatic N) is 2. The molecule has 2 aromatic rings. The van der Waals surface area contributed by atoms with Crippen LogP contribution in [0.2, 0.25) is 0 Å². The van der Waals surface area contributed by atoms with Gasteiger partial charge >= 0.3 is 0 Å². The molecule has 0 bridgehead atoms. The van der Waals surface area contributed by atoms with E-state index < -0.39 is 0 Å². The predicted molar refractivity (Wildman–Crippen MR) is 71.2 cm³/mol. The summed E-state index contributed by atoms with van der Waals surface area (Å²) >= 11 is 0. The van der Waals surface area contributed by atoms with E-state index in [9.17, 15) is 0 Å². The number of aromatic nitrogens is 2. The fraction of sp³-hybridized carbons (Fsp3) is 0.357. The maximum Gasteiger partial charge on any atom is 0.0951 e. The van der Waals surface area contributed by atoms with Crippen molar-refractivity contribution in [1.29, 1.82) is 0 Å². The zero-order chi connectivity index (χ0) is 13.0. The van der Waals surface area contributed by atoms with Gasteiger partial charge in [0.05, 0.1) is 24.7 Å². The molecule has 0 aliphatic heterocycles. The highest BCUT2D eigenvalue weighted by molar-refractivity contribution is 5.27. The SMILES string of the molecule is CCc1ccccc1Cn1cncc1C(N)CO. The van der Waals surface area contributed by atoms with Gasteiger partial charge in [0.15, 0.2) is 0 Å². The lowest BCUT2D eigenvalue weighted by Gasteiger charge is -2.14. The van der Waals surface area contributed by atoms with Crippen molar-refractivity contribution in [2.24, 2.45) is 5.73 Å². The zero-order valence-electron chi connectivity index (χ0n) is 10.6. The summed E-state index contributed by atoms with van der Waals surface area (Å²) in [4.78, 5) is 4.11. The first kappa shape index (κ1) is 12.8. The minimum Gasteiger partial charge on any atom is -0.394 e. The molecule has 0 aliphatic carbocycles. The summed E-state index contributed by atoms with van der Waals surface area (Å²) in [6.45, 7) is 2.82. The molecule has 0 aliphatic rings. The van der Waals surface area contributed by atoms with Gasteiger partial charge in [-0.1, -0.05) is 31.2 Å². The molecule has 3 N–H and O–H groups in total. The van der Waals surface area contributed by atoms with Gasteiger partial charge in [0.1, 0.15) is 0 Å². The molecule has 96 valence electrons. The highest BCUT2D eigenvalue weighted by Gasteiger charge is 2.11. The van der Waals surface area contributed by atoms with Crippen LogP contribution < -0.4 is 5.73 Å². The molecule has 2 rings (SSSR count). The number of aliphatic hydroxyl groups excluding tert-OH is 1. The minimum absolute atomic E-state index is 0.0683. The van der Waals surface area contributed by atoms with Crippen molar-refractivity contribution in [3.05, 3.63) is 53.6 Å². The second kappa shape index (κ2) is 5.80. The van der Waals surface area contributed by atoms with E-state index in [2.05, 4.69) is 30.1 Å². The van der Waals surface area contributed by atoms with Gasteiger partial charge in [-0.2, -0.15) is 0 Å². The summed E-state index contributed by atoms with van der Waals surface area (Å²) in [5.41, 5.74) is 9.31. The van der Waals surface area contributed by atoms with Gasteiger partial charge in [-0.15, -0.1) is 0 Å². The normalized spacial score (nSPS) is 12.6. The Morgan fingerprint density at radius 3 is 2.72 bits per heavy atom. The van der Waals surface area contributed by atoms with E-state index in [1.54, 1.807) is 12.5 Å². The van der Waals surface area contributed by atoms with Crippen LogP contribution in [0, 0.1) is 0 Å². The van der Waals surface area contributed by atoms with Crippen LogP contribution in [0.1, 0.15) is 29.8 Å². The monoisotopic (exact) mass is 245 g/mol. The van der Waals surface area contributed by atoms with Crippen LogP contribution in [0.15, 0.2) is 36.8 Å². The zero-order valence-corrected chi connectivity index (χ0v) is 10.6. The Morgan fingerprint density at radius 1 is 1.33 bits per heavy atom. The van der Waals surface area contributed by atoms with Gasteiger partial charge in [0.2, 0.25) is 0 Å². The first-order valence-corrected chi connectivity index (χ1v) is 6.19. The highest BCUT2D eigenvalue weighted by atomic mass is 16.3. The molecule has 4 nitrogen and oxygen atoms in total. The van der Waals surface area contributed by atoms with Crippen LogP contribution in [0.25, 0.3) is 0 Å². The van der Waals surface area contributed by atoms with Gasteiger partial charge in [0, 0.05) is 12.7 Å². The number of benzene rings is 1. The first-order valence-electron chi connectivity index (χ1n) is 6.19. The third-order valence-electron chi connectivity index (χ3n) is 3.16. The van der Waals surface area contributed by atoms with Gasteiger partial charge in [-0.05, 0) is 17.5 Å². The van der Waals surface area contributed by atoms with Gasteiger partial charge in [0.25, 0.3) is 0 Å². The summed E-state index contributed by atoms with van der Waals surface area (Å²) in [5.74, 6) is 0. The molecule has 0 fully saturated rings. The summed E-state index contributed by atoms with van der Waals surface area (Å²) < 4.78 is 2.00. The van der Waals surface area contributed by atoms with E-state index in [4.69, 9.17) is 10.8 Å². The van der Waals surface area contributed by atoms with Gasteiger partial charge < -0.3 is 15.4 Å². The Labute approximate surface area is 107 Å². The average molecular weight is 245 g/mol. The highest BCUT2D eigenvalue weighted by Crippen LogP contribution is 2.15. The maximum atomic E-state index is 9.13. The fourth-order valence-corrected chi connectivity index (χ4v) is 2.11. The maximum absolute atomic E-state index is 9.13. The average Bonchev–Trinajstić information content (AvgIpc) is 2.86. The van der Waals surface area contributed by atoms with Crippen LogP contribution in [-0.2, 0) is 13.0 Å². The molecule has 0 saturated carbocycles. The smallest absolute Gasteiger partial charge is 0.0951 e. The molecule has 0 radical (unpaired) electrons. The molecule has 1 aromatic carbocycles. The third-order valence-corrected chi connectivity index (χ3v) is 3.16. The van der Waals surface area contributed by atoms with Crippen LogP contribution in [0.4, 0.5) is 0 Å². The van der Waals surface area contributed by atoms with E-state index >= 15 is 0 Å². The van der Waals surface area contributed by atoms with Crippen molar-refractivity contribution in [2.75, 3.05) is 6.61 Å². The first-order chi connectivity index (χ1) is 8.76. The lowest BCUT2D eigenvalue weighted by Crippen LogP contribution is -2.19. The van der Waals surface area contributed by atoms with E-state index in [0.29, 0.717) is 0 Å². The second-order valence-electron chi connectivity index (χ2n) is 4.36. The van der Waals surface area contributed by atoms with Crippen molar-refractivity contribution < 1.29 is 5.11 Å². The topological polar surface area (TPSA) is 64.1 Å². The number of imidazole rings is 1. The summed E-state index contributed by atoms with van der Waals surface area (Å²) in [6, 6.07) is 7.97. The minimum atomic E-state index is -0.374. The third kappa shape index (κ3) is 2.60. The number of hydrogen-bond acceptors (Lipinski definition) is 3. The molecule has 1 aromatic heterocycles. The lowest BCUT2D eigenvalue weighted by atomic mass is 10.1. The Hall–Kier alpha value is -1.65. The number of aryl methyl sites for hydroxylation is 1. The number of hydrogen-bond donors (Lipinski definition) is 2. The van der Waals surface area contributed by atoms with Crippen molar-refractivity contribution >= 4 is 0 Å². The second-order valence-corrected chi connectivity index (χ2v) is 4.36. The number of nitrogens with two attached hydrogens (primary N) is 1. The molecule has 4 heteroatoms. The van der Waals surface area contributed by atoms with E-state index in [1.807, 2.05) is 10.6 Å². The Kier molecular flexibility index (Phi) is 4.12. The number of aliphatic hydroxyl groups is 1. The molecular weight excluding hydrogens is 226 g/mol. The fourth-order valence-electron chi connectivity index (χ4n) is 2.11. The number of rotatable bonds is 5.